The van der Waals surface area contributed by atoms with E-state index in [0.717, 1.165) is 29.5 Å². The molecule has 1 aliphatic carbocycles. The van der Waals surface area contributed by atoms with Crippen molar-refractivity contribution >= 4 is 41.2 Å². The first kappa shape index (κ1) is 34.6. The number of benzene rings is 3. The molecule has 0 aromatic heterocycles. The van der Waals surface area contributed by atoms with Crippen LogP contribution < -0.4 is 21.3 Å². The smallest absolute Gasteiger partial charge is 0.408 e. The molecule has 1 saturated carbocycles. The van der Waals surface area contributed by atoms with Crippen LogP contribution in [-0.2, 0) is 35.8 Å². The number of amides is 4. The Kier molecular flexibility index (Phi) is 11.2. The van der Waals surface area contributed by atoms with E-state index in [4.69, 9.17) is 16.3 Å². The van der Waals surface area contributed by atoms with Gasteiger partial charge < -0.3 is 26.0 Å². The Bertz CT molecular complexity index is 1630. The highest BCUT2D eigenvalue weighted by atomic mass is 35.5. The Hall–Kier alpha value is -4.70. The van der Waals surface area contributed by atoms with E-state index in [2.05, 4.69) is 21.3 Å². The number of hydrogen-bond donors (Lipinski definition) is 4. The standard InChI is InChI=1S/C37H41ClN4O6/c1-37(2,26-14-9-15-27(38)22-26)32(24-12-7-4-8-13-24)48-36(47)42-30(20-23-10-5-3-6-11-23)34(45)41-29(21-25-18-19-39-33(25)44)31(43)35(46)40-28-16-17-28/h3-15,22,25,28-30,32H,16-21H2,1-2H3,(H,39,44)(H,40,46)(H,41,45)(H,42,47). The third-order valence-electron chi connectivity index (χ3n) is 8.89. The van der Waals surface area contributed by atoms with Crippen LogP contribution >= 0.6 is 11.6 Å². The zero-order valence-corrected chi connectivity index (χ0v) is 27.8. The predicted molar refractivity (Wildman–Crippen MR) is 181 cm³/mol. The van der Waals surface area contributed by atoms with Crippen molar-refractivity contribution in [2.24, 2.45) is 5.92 Å². The van der Waals surface area contributed by atoms with Gasteiger partial charge in [0.2, 0.25) is 17.6 Å². The van der Waals surface area contributed by atoms with E-state index in [-0.39, 0.29) is 24.8 Å². The number of hydrogen-bond acceptors (Lipinski definition) is 6. The highest BCUT2D eigenvalue weighted by molar-refractivity contribution is 6.38. The van der Waals surface area contributed by atoms with E-state index in [9.17, 15) is 24.0 Å². The fraction of sp³-hybridized carbons (Fsp3) is 0.378. The summed E-state index contributed by atoms with van der Waals surface area (Å²) in [6.07, 6.45) is 0.451. The fourth-order valence-corrected chi connectivity index (χ4v) is 6.13. The number of Topliss-reactive ketones (excluding diaryl/α,β-unsaturated/α-hetero) is 1. The average Bonchev–Trinajstić information content (AvgIpc) is 3.81. The minimum absolute atomic E-state index is 0.0408. The molecule has 4 atom stereocenters. The van der Waals surface area contributed by atoms with Gasteiger partial charge in [0.15, 0.2) is 0 Å². The molecule has 0 spiro atoms. The van der Waals surface area contributed by atoms with Gasteiger partial charge in [-0.3, -0.25) is 19.2 Å². The molecule has 1 heterocycles. The second-order valence-corrected chi connectivity index (χ2v) is 13.4. The van der Waals surface area contributed by atoms with Crippen molar-refractivity contribution in [2.75, 3.05) is 6.54 Å². The van der Waals surface area contributed by atoms with E-state index in [1.54, 1.807) is 6.07 Å². The molecule has 11 heteroatoms. The van der Waals surface area contributed by atoms with Crippen molar-refractivity contribution in [3.63, 3.8) is 0 Å². The summed E-state index contributed by atoms with van der Waals surface area (Å²) in [5.41, 5.74) is 1.59. The molecule has 10 nitrogen and oxygen atoms in total. The number of halogens is 1. The number of nitrogens with one attached hydrogen (secondary N) is 4. The van der Waals surface area contributed by atoms with Gasteiger partial charge in [0, 0.05) is 35.4 Å². The molecular weight excluding hydrogens is 632 g/mol. The zero-order chi connectivity index (χ0) is 34.3. The summed E-state index contributed by atoms with van der Waals surface area (Å²) < 4.78 is 6.12. The lowest BCUT2D eigenvalue weighted by molar-refractivity contribution is -0.141. The SMILES string of the molecule is CC(C)(c1cccc(Cl)c1)C(OC(=O)NC(Cc1ccccc1)C(=O)NC(CC1CCNC1=O)C(=O)C(=O)NC1CC1)c1ccccc1. The molecule has 4 unspecified atom stereocenters. The first-order chi connectivity index (χ1) is 23.0. The van der Waals surface area contributed by atoms with Crippen LogP contribution in [0.1, 0.15) is 62.3 Å². The zero-order valence-electron chi connectivity index (χ0n) is 27.0. The van der Waals surface area contributed by atoms with Crippen molar-refractivity contribution in [3.05, 3.63) is 107 Å². The Morgan fingerprint density at radius 2 is 1.58 bits per heavy atom. The summed E-state index contributed by atoms with van der Waals surface area (Å²) in [6, 6.07) is 23.2. The Morgan fingerprint density at radius 1 is 0.896 bits per heavy atom. The van der Waals surface area contributed by atoms with Gasteiger partial charge in [0.05, 0.1) is 6.04 Å². The minimum Gasteiger partial charge on any atom is -0.440 e. The van der Waals surface area contributed by atoms with E-state index >= 15 is 0 Å². The number of ketones is 1. The van der Waals surface area contributed by atoms with Crippen LogP contribution in [0.15, 0.2) is 84.9 Å². The molecule has 0 bridgehead atoms. The molecule has 4 amide bonds. The summed E-state index contributed by atoms with van der Waals surface area (Å²) in [5, 5.41) is 11.4. The van der Waals surface area contributed by atoms with Crippen LogP contribution in [0, 0.1) is 5.92 Å². The highest BCUT2D eigenvalue weighted by Gasteiger charge is 2.39. The molecule has 5 rings (SSSR count). The lowest BCUT2D eigenvalue weighted by atomic mass is 9.76. The normalized spacial score (nSPS) is 17.7. The van der Waals surface area contributed by atoms with Crippen molar-refractivity contribution in [1.82, 2.24) is 21.3 Å². The summed E-state index contributed by atoms with van der Waals surface area (Å²) in [6.45, 7) is 4.34. The molecule has 252 valence electrons. The maximum absolute atomic E-state index is 13.9. The number of rotatable bonds is 14. The molecular formula is C37H41ClN4O6. The molecule has 3 aromatic rings. The number of carbonyl (C=O) groups excluding carboxylic acids is 5. The first-order valence-corrected chi connectivity index (χ1v) is 16.6. The van der Waals surface area contributed by atoms with Crippen LogP contribution in [0.2, 0.25) is 5.02 Å². The topological polar surface area (TPSA) is 143 Å². The Labute approximate surface area is 285 Å². The summed E-state index contributed by atoms with van der Waals surface area (Å²) in [7, 11) is 0. The molecule has 1 aliphatic heterocycles. The third-order valence-corrected chi connectivity index (χ3v) is 9.13. The van der Waals surface area contributed by atoms with Crippen molar-refractivity contribution in [2.45, 2.75) is 75.6 Å². The third kappa shape index (κ3) is 9.01. The molecule has 0 radical (unpaired) electrons. The quantitative estimate of drug-likeness (QED) is 0.185. The molecule has 3 aromatic carbocycles. The van der Waals surface area contributed by atoms with Gasteiger partial charge in [0.1, 0.15) is 12.1 Å². The Morgan fingerprint density at radius 3 is 2.21 bits per heavy atom. The summed E-state index contributed by atoms with van der Waals surface area (Å²) in [5.74, 6) is -3.09. The largest absolute Gasteiger partial charge is 0.440 e. The minimum atomic E-state index is -1.26. The number of ether oxygens (including phenoxy) is 1. The second kappa shape index (κ2) is 15.5. The van der Waals surface area contributed by atoms with E-state index in [1.807, 2.05) is 92.7 Å². The first-order valence-electron chi connectivity index (χ1n) is 16.3. The average molecular weight is 673 g/mol. The van der Waals surface area contributed by atoms with Gasteiger partial charge >= 0.3 is 6.09 Å². The summed E-state index contributed by atoms with van der Waals surface area (Å²) in [4.78, 5) is 66.2. The molecule has 4 N–H and O–H groups in total. The van der Waals surface area contributed by atoms with Crippen molar-refractivity contribution in [3.8, 4) is 0 Å². The van der Waals surface area contributed by atoms with Crippen LogP contribution in [-0.4, -0.2) is 54.3 Å². The van der Waals surface area contributed by atoms with Gasteiger partial charge in [-0.25, -0.2) is 4.79 Å². The Balaban J connectivity index is 1.38. The van der Waals surface area contributed by atoms with Gasteiger partial charge in [-0.1, -0.05) is 98.2 Å². The van der Waals surface area contributed by atoms with Gasteiger partial charge in [-0.05, 0) is 54.5 Å². The van der Waals surface area contributed by atoms with Crippen molar-refractivity contribution < 1.29 is 28.7 Å². The van der Waals surface area contributed by atoms with Gasteiger partial charge in [0.25, 0.3) is 5.91 Å². The summed E-state index contributed by atoms with van der Waals surface area (Å²) >= 11 is 6.32. The van der Waals surface area contributed by atoms with Gasteiger partial charge in [-0.15, -0.1) is 0 Å². The highest BCUT2D eigenvalue weighted by Crippen LogP contribution is 2.40. The van der Waals surface area contributed by atoms with Gasteiger partial charge in [-0.2, -0.15) is 0 Å². The predicted octanol–water partition coefficient (Wildman–Crippen LogP) is 4.56. The lowest BCUT2D eigenvalue weighted by Crippen LogP contribution is -2.55. The molecule has 48 heavy (non-hydrogen) atoms. The van der Waals surface area contributed by atoms with Crippen LogP contribution in [0.4, 0.5) is 4.79 Å². The maximum atomic E-state index is 13.9. The monoisotopic (exact) mass is 672 g/mol. The number of carbonyl (C=O) groups is 5. The second-order valence-electron chi connectivity index (χ2n) is 13.0. The fourth-order valence-electron chi connectivity index (χ4n) is 5.94. The van der Waals surface area contributed by atoms with Crippen LogP contribution in [0.5, 0.6) is 0 Å². The maximum Gasteiger partial charge on any atom is 0.408 e. The van der Waals surface area contributed by atoms with E-state index in [1.165, 1.54) is 0 Å². The number of alkyl carbamates (subject to hydrolysis) is 1. The van der Waals surface area contributed by atoms with Crippen LogP contribution in [0.25, 0.3) is 0 Å². The lowest BCUT2D eigenvalue weighted by Gasteiger charge is -2.35. The van der Waals surface area contributed by atoms with E-state index < -0.39 is 53.2 Å². The molecule has 2 fully saturated rings. The molecule has 2 aliphatic rings. The molecule has 1 saturated heterocycles. The van der Waals surface area contributed by atoms with E-state index in [0.29, 0.717) is 18.0 Å². The van der Waals surface area contributed by atoms with Crippen LogP contribution in [0.3, 0.4) is 0 Å². The van der Waals surface area contributed by atoms with Crippen molar-refractivity contribution in [1.29, 1.82) is 0 Å².